The summed E-state index contributed by atoms with van der Waals surface area (Å²) >= 11 is 12.9. The first-order valence-electron chi connectivity index (χ1n) is 7.25. The van der Waals surface area contributed by atoms with Crippen molar-refractivity contribution in [3.8, 4) is 5.69 Å². The standard InChI is InChI=1S/C17H12Cl2FN3O2/c1-9-6-12(23-17(25)22-14(24)8-21-23)7-13(18)15(9)16(19)10-2-4-11(20)5-3-10/h2-8,16H,1H3,(H,22,24,25). The summed E-state index contributed by atoms with van der Waals surface area (Å²) in [6.07, 6.45) is 1.00. The van der Waals surface area contributed by atoms with Crippen molar-refractivity contribution < 1.29 is 4.39 Å². The van der Waals surface area contributed by atoms with E-state index in [2.05, 4.69) is 10.1 Å². The van der Waals surface area contributed by atoms with Gasteiger partial charge < -0.3 is 0 Å². The van der Waals surface area contributed by atoms with Gasteiger partial charge in [-0.2, -0.15) is 9.78 Å². The van der Waals surface area contributed by atoms with Crippen LogP contribution in [0.4, 0.5) is 4.39 Å². The number of nitrogens with zero attached hydrogens (tertiary/aromatic N) is 2. The van der Waals surface area contributed by atoms with Crippen LogP contribution in [0.3, 0.4) is 0 Å². The van der Waals surface area contributed by atoms with Crippen LogP contribution in [0.1, 0.15) is 22.1 Å². The summed E-state index contributed by atoms with van der Waals surface area (Å²) in [5.74, 6) is -0.352. The Morgan fingerprint density at radius 3 is 2.48 bits per heavy atom. The third-order valence-electron chi connectivity index (χ3n) is 3.69. The topological polar surface area (TPSA) is 67.8 Å². The number of aromatic amines is 1. The van der Waals surface area contributed by atoms with E-state index in [9.17, 15) is 14.0 Å². The van der Waals surface area contributed by atoms with Crippen LogP contribution in [-0.4, -0.2) is 14.8 Å². The first kappa shape index (κ1) is 17.4. The maximum Gasteiger partial charge on any atom is 0.349 e. The third-order valence-corrected chi connectivity index (χ3v) is 4.48. The molecule has 1 N–H and O–H groups in total. The minimum Gasteiger partial charge on any atom is -0.271 e. The van der Waals surface area contributed by atoms with Gasteiger partial charge in [0.1, 0.15) is 12.0 Å². The van der Waals surface area contributed by atoms with Gasteiger partial charge in [0.15, 0.2) is 0 Å². The molecule has 0 spiro atoms. The smallest absolute Gasteiger partial charge is 0.271 e. The van der Waals surface area contributed by atoms with E-state index in [0.717, 1.165) is 16.4 Å². The molecule has 0 saturated heterocycles. The van der Waals surface area contributed by atoms with Gasteiger partial charge in [-0.1, -0.05) is 23.7 Å². The predicted molar refractivity (Wildman–Crippen MR) is 94.3 cm³/mol. The van der Waals surface area contributed by atoms with E-state index in [1.54, 1.807) is 25.1 Å². The van der Waals surface area contributed by atoms with E-state index >= 15 is 0 Å². The van der Waals surface area contributed by atoms with Crippen LogP contribution < -0.4 is 11.2 Å². The molecule has 25 heavy (non-hydrogen) atoms. The average Bonchev–Trinajstić information content (AvgIpc) is 2.54. The molecular weight excluding hydrogens is 368 g/mol. The lowest BCUT2D eigenvalue weighted by atomic mass is 9.99. The van der Waals surface area contributed by atoms with Gasteiger partial charge in [0, 0.05) is 5.02 Å². The molecule has 3 rings (SSSR count). The van der Waals surface area contributed by atoms with Crippen molar-refractivity contribution in [2.24, 2.45) is 0 Å². The highest BCUT2D eigenvalue weighted by atomic mass is 35.5. The largest absolute Gasteiger partial charge is 0.349 e. The molecule has 5 nitrogen and oxygen atoms in total. The Balaban J connectivity index is 2.07. The number of benzene rings is 2. The van der Waals surface area contributed by atoms with Crippen molar-refractivity contribution in [2.45, 2.75) is 12.3 Å². The molecule has 2 aromatic carbocycles. The Bertz CT molecular complexity index is 1020. The van der Waals surface area contributed by atoms with E-state index in [0.29, 0.717) is 21.8 Å². The van der Waals surface area contributed by atoms with E-state index in [1.165, 1.54) is 18.2 Å². The van der Waals surface area contributed by atoms with Gasteiger partial charge in [-0.15, -0.1) is 11.6 Å². The maximum absolute atomic E-state index is 13.1. The van der Waals surface area contributed by atoms with Crippen LogP contribution in [-0.2, 0) is 0 Å². The Labute approximate surface area is 151 Å². The molecule has 0 saturated carbocycles. The highest BCUT2D eigenvalue weighted by Gasteiger charge is 2.19. The van der Waals surface area contributed by atoms with Gasteiger partial charge in [-0.25, -0.2) is 9.18 Å². The zero-order chi connectivity index (χ0) is 18.1. The molecule has 1 unspecified atom stereocenters. The second-order valence-electron chi connectivity index (χ2n) is 5.42. The zero-order valence-corrected chi connectivity index (χ0v) is 14.5. The monoisotopic (exact) mass is 379 g/mol. The van der Waals surface area contributed by atoms with Crippen LogP contribution in [0.15, 0.2) is 52.2 Å². The molecule has 3 aromatic rings. The quantitative estimate of drug-likeness (QED) is 0.709. The number of alkyl halides is 1. The fraction of sp³-hybridized carbons (Fsp3) is 0.118. The van der Waals surface area contributed by atoms with Crippen LogP contribution in [0.2, 0.25) is 5.02 Å². The lowest BCUT2D eigenvalue weighted by Crippen LogP contribution is -2.30. The van der Waals surface area contributed by atoms with E-state index in [1.807, 2.05) is 0 Å². The van der Waals surface area contributed by atoms with Gasteiger partial charge in [-0.05, 0) is 47.9 Å². The van der Waals surface area contributed by atoms with Crippen LogP contribution in [0, 0.1) is 12.7 Å². The van der Waals surface area contributed by atoms with Crippen molar-refractivity contribution in [2.75, 3.05) is 0 Å². The molecule has 0 radical (unpaired) electrons. The molecule has 0 amide bonds. The van der Waals surface area contributed by atoms with Crippen LogP contribution >= 0.6 is 23.2 Å². The number of hydrogen-bond acceptors (Lipinski definition) is 3. The molecule has 1 heterocycles. The summed E-state index contributed by atoms with van der Waals surface area (Å²) in [6, 6.07) is 9.05. The van der Waals surface area contributed by atoms with Crippen molar-refractivity contribution in [1.29, 1.82) is 0 Å². The van der Waals surface area contributed by atoms with Crippen molar-refractivity contribution in [3.63, 3.8) is 0 Å². The summed E-state index contributed by atoms with van der Waals surface area (Å²) in [7, 11) is 0. The number of nitrogens with one attached hydrogen (secondary N) is 1. The fourth-order valence-corrected chi connectivity index (χ4v) is 3.38. The molecule has 0 aliphatic heterocycles. The SMILES string of the molecule is Cc1cc(-n2ncc(=O)[nH]c2=O)cc(Cl)c1C(Cl)c1ccc(F)cc1. The van der Waals surface area contributed by atoms with Gasteiger partial charge in [0.05, 0.1) is 11.1 Å². The fourth-order valence-electron chi connectivity index (χ4n) is 2.52. The van der Waals surface area contributed by atoms with Crippen molar-refractivity contribution in [3.05, 3.63) is 91.0 Å². The van der Waals surface area contributed by atoms with Crippen molar-refractivity contribution in [1.82, 2.24) is 14.8 Å². The average molecular weight is 380 g/mol. The summed E-state index contributed by atoms with van der Waals surface area (Å²) in [5, 5.41) is 3.55. The molecule has 1 aromatic heterocycles. The number of aromatic nitrogens is 3. The summed E-state index contributed by atoms with van der Waals surface area (Å²) < 4.78 is 14.1. The molecular formula is C17H12Cl2FN3O2. The summed E-state index contributed by atoms with van der Waals surface area (Å²) in [6.45, 7) is 1.79. The predicted octanol–water partition coefficient (Wildman–Crippen LogP) is 3.35. The Morgan fingerprint density at radius 1 is 1.20 bits per heavy atom. The Kier molecular flexibility index (Phi) is 4.74. The van der Waals surface area contributed by atoms with Crippen molar-refractivity contribution >= 4 is 23.2 Å². The van der Waals surface area contributed by atoms with Crippen LogP contribution in [0.5, 0.6) is 0 Å². The third kappa shape index (κ3) is 3.50. The van der Waals surface area contributed by atoms with E-state index < -0.39 is 16.6 Å². The molecule has 8 heteroatoms. The second kappa shape index (κ2) is 6.82. The number of H-pyrrole nitrogens is 1. The normalized spacial score (nSPS) is 12.2. The summed E-state index contributed by atoms with van der Waals surface area (Å²) in [5.41, 5.74) is 1.22. The zero-order valence-electron chi connectivity index (χ0n) is 13.0. The first-order valence-corrected chi connectivity index (χ1v) is 8.07. The lowest BCUT2D eigenvalue weighted by molar-refractivity contribution is 0.627. The number of hydrogen-bond donors (Lipinski definition) is 1. The minimum absolute atomic E-state index is 0.333. The number of halogens is 3. The van der Waals surface area contributed by atoms with Gasteiger partial charge in [-0.3, -0.25) is 9.78 Å². The molecule has 0 bridgehead atoms. The highest BCUT2D eigenvalue weighted by molar-refractivity contribution is 6.33. The minimum atomic E-state index is -0.670. The Morgan fingerprint density at radius 2 is 1.88 bits per heavy atom. The molecule has 0 aliphatic rings. The first-order chi connectivity index (χ1) is 11.9. The highest BCUT2D eigenvalue weighted by Crippen LogP contribution is 2.37. The summed E-state index contributed by atoms with van der Waals surface area (Å²) in [4.78, 5) is 25.1. The number of aryl methyl sites for hydroxylation is 1. The second-order valence-corrected chi connectivity index (χ2v) is 6.27. The van der Waals surface area contributed by atoms with E-state index in [-0.39, 0.29) is 5.82 Å². The lowest BCUT2D eigenvalue weighted by Gasteiger charge is -2.17. The number of rotatable bonds is 3. The maximum atomic E-state index is 13.1. The van der Waals surface area contributed by atoms with Gasteiger partial charge in [0.25, 0.3) is 5.56 Å². The molecule has 128 valence electrons. The van der Waals surface area contributed by atoms with Crippen LogP contribution in [0.25, 0.3) is 5.69 Å². The van der Waals surface area contributed by atoms with Gasteiger partial charge in [0.2, 0.25) is 0 Å². The molecule has 1 atom stereocenters. The molecule has 0 aliphatic carbocycles. The van der Waals surface area contributed by atoms with Gasteiger partial charge >= 0.3 is 5.69 Å². The molecule has 0 fully saturated rings. The Hall–Kier alpha value is -2.44. The van der Waals surface area contributed by atoms with E-state index in [4.69, 9.17) is 23.2 Å².